The molecule has 0 radical (unpaired) electrons. The molecule has 0 saturated heterocycles. The quantitative estimate of drug-likeness (QED) is 0.625. The van der Waals surface area contributed by atoms with Gasteiger partial charge in [-0.1, -0.05) is 12.1 Å². The SMILES string of the molecule is CC(=O)OCC(=O)C1CSc2cccc(C)c2C1=O. The summed E-state index contributed by atoms with van der Waals surface area (Å²) in [5, 5.41) is 0. The first-order chi connectivity index (χ1) is 9.00. The van der Waals surface area contributed by atoms with E-state index in [9.17, 15) is 14.4 Å². The molecule has 1 unspecified atom stereocenters. The molecule has 0 saturated carbocycles. The maximum Gasteiger partial charge on any atom is 0.303 e. The molecular formula is C14H14O4S. The van der Waals surface area contributed by atoms with E-state index in [1.165, 1.54) is 18.7 Å². The molecule has 1 atom stereocenters. The van der Waals surface area contributed by atoms with E-state index in [0.29, 0.717) is 11.3 Å². The van der Waals surface area contributed by atoms with E-state index < -0.39 is 11.9 Å². The van der Waals surface area contributed by atoms with E-state index in [1.807, 2.05) is 25.1 Å². The maximum atomic E-state index is 12.3. The second-order valence-electron chi connectivity index (χ2n) is 4.42. The molecule has 0 N–H and O–H groups in total. The predicted octanol–water partition coefficient (Wildman–Crippen LogP) is 2.03. The van der Waals surface area contributed by atoms with Gasteiger partial charge in [-0.3, -0.25) is 14.4 Å². The molecule has 19 heavy (non-hydrogen) atoms. The van der Waals surface area contributed by atoms with Gasteiger partial charge in [-0.25, -0.2) is 0 Å². The molecule has 100 valence electrons. The third-order valence-electron chi connectivity index (χ3n) is 3.01. The lowest BCUT2D eigenvalue weighted by molar-refractivity contribution is -0.146. The average molecular weight is 278 g/mol. The van der Waals surface area contributed by atoms with Crippen LogP contribution in [-0.4, -0.2) is 29.9 Å². The van der Waals surface area contributed by atoms with Gasteiger partial charge in [0, 0.05) is 23.1 Å². The van der Waals surface area contributed by atoms with Gasteiger partial charge in [-0.15, -0.1) is 11.8 Å². The van der Waals surface area contributed by atoms with Gasteiger partial charge < -0.3 is 4.74 Å². The van der Waals surface area contributed by atoms with Crippen LogP contribution >= 0.6 is 11.8 Å². The molecule has 1 aliphatic heterocycles. The number of rotatable bonds is 3. The summed E-state index contributed by atoms with van der Waals surface area (Å²) in [5.41, 5.74) is 1.50. The van der Waals surface area contributed by atoms with Gasteiger partial charge >= 0.3 is 5.97 Å². The average Bonchev–Trinajstić information content (AvgIpc) is 2.36. The van der Waals surface area contributed by atoms with Crippen molar-refractivity contribution in [2.24, 2.45) is 5.92 Å². The van der Waals surface area contributed by atoms with E-state index in [2.05, 4.69) is 4.74 Å². The summed E-state index contributed by atoms with van der Waals surface area (Å²) in [7, 11) is 0. The van der Waals surface area contributed by atoms with Crippen LogP contribution in [0.2, 0.25) is 0 Å². The number of Topliss-reactive ketones (excluding diaryl/α,β-unsaturated/α-hetero) is 2. The maximum absolute atomic E-state index is 12.3. The normalized spacial score (nSPS) is 17.8. The molecule has 1 aromatic carbocycles. The highest BCUT2D eigenvalue weighted by atomic mass is 32.2. The Bertz CT molecular complexity index is 550. The number of carbonyl (C=O) groups is 3. The minimum atomic E-state index is -0.710. The van der Waals surface area contributed by atoms with Crippen LogP contribution in [0, 0.1) is 12.8 Å². The minimum absolute atomic E-state index is 0.163. The Morgan fingerprint density at radius 3 is 2.84 bits per heavy atom. The Hall–Kier alpha value is -1.62. The first-order valence-electron chi connectivity index (χ1n) is 5.93. The molecule has 0 aliphatic carbocycles. The Labute approximate surface area is 115 Å². The molecule has 1 aliphatic rings. The number of hydrogen-bond acceptors (Lipinski definition) is 5. The van der Waals surface area contributed by atoms with Crippen LogP contribution in [0.15, 0.2) is 23.1 Å². The van der Waals surface area contributed by atoms with Crippen molar-refractivity contribution in [1.82, 2.24) is 0 Å². The molecule has 0 fully saturated rings. The minimum Gasteiger partial charge on any atom is -0.458 e. The highest BCUT2D eigenvalue weighted by Crippen LogP contribution is 2.34. The highest BCUT2D eigenvalue weighted by molar-refractivity contribution is 7.99. The van der Waals surface area contributed by atoms with Crippen molar-refractivity contribution >= 4 is 29.3 Å². The van der Waals surface area contributed by atoms with Gasteiger partial charge in [-0.2, -0.15) is 0 Å². The monoisotopic (exact) mass is 278 g/mol. The number of thioether (sulfide) groups is 1. The summed E-state index contributed by atoms with van der Waals surface area (Å²) in [5.74, 6) is -1.31. The number of aryl methyl sites for hydroxylation is 1. The van der Waals surface area contributed by atoms with Crippen molar-refractivity contribution in [3.63, 3.8) is 0 Å². The van der Waals surface area contributed by atoms with Gasteiger partial charge in [0.25, 0.3) is 0 Å². The fraction of sp³-hybridized carbons (Fsp3) is 0.357. The number of benzene rings is 1. The smallest absolute Gasteiger partial charge is 0.303 e. The topological polar surface area (TPSA) is 60.4 Å². The fourth-order valence-corrected chi connectivity index (χ4v) is 3.28. The number of hydrogen-bond donors (Lipinski definition) is 0. The van der Waals surface area contributed by atoms with E-state index in [1.54, 1.807) is 0 Å². The molecule has 1 heterocycles. The molecule has 4 nitrogen and oxygen atoms in total. The van der Waals surface area contributed by atoms with Gasteiger partial charge in [-0.05, 0) is 18.6 Å². The molecule has 0 spiro atoms. The molecule has 2 rings (SSSR count). The largest absolute Gasteiger partial charge is 0.458 e. The number of carbonyl (C=O) groups excluding carboxylic acids is 3. The van der Waals surface area contributed by atoms with Crippen molar-refractivity contribution in [3.05, 3.63) is 29.3 Å². The predicted molar refractivity (Wildman–Crippen MR) is 71.4 cm³/mol. The van der Waals surface area contributed by atoms with Crippen LogP contribution in [0.3, 0.4) is 0 Å². The highest BCUT2D eigenvalue weighted by Gasteiger charge is 2.34. The summed E-state index contributed by atoms with van der Waals surface area (Å²) in [6.45, 7) is 2.77. The molecule has 5 heteroatoms. The third-order valence-corrected chi connectivity index (χ3v) is 4.16. The standard InChI is InChI=1S/C14H14O4S/c1-8-4-3-5-12-13(8)14(17)10(7-19-12)11(16)6-18-9(2)15/h3-5,10H,6-7H2,1-2H3. The van der Waals surface area contributed by atoms with E-state index in [-0.39, 0.29) is 18.2 Å². The van der Waals surface area contributed by atoms with Gasteiger partial charge in [0.2, 0.25) is 0 Å². The number of ether oxygens (including phenoxy) is 1. The lowest BCUT2D eigenvalue weighted by atomic mass is 9.92. The Balaban J connectivity index is 2.19. The van der Waals surface area contributed by atoms with Crippen LogP contribution in [0.4, 0.5) is 0 Å². The molecule has 0 bridgehead atoms. The summed E-state index contributed by atoms with van der Waals surface area (Å²) in [6.07, 6.45) is 0. The zero-order valence-electron chi connectivity index (χ0n) is 10.8. The number of ketones is 2. The second-order valence-corrected chi connectivity index (χ2v) is 5.48. The van der Waals surface area contributed by atoms with Crippen LogP contribution in [-0.2, 0) is 14.3 Å². The van der Waals surface area contributed by atoms with Gasteiger partial charge in [0.15, 0.2) is 18.2 Å². The van der Waals surface area contributed by atoms with Crippen molar-refractivity contribution in [2.45, 2.75) is 18.7 Å². The Morgan fingerprint density at radius 1 is 1.42 bits per heavy atom. The molecular weight excluding hydrogens is 264 g/mol. The van der Waals surface area contributed by atoms with Crippen molar-refractivity contribution in [1.29, 1.82) is 0 Å². The van der Waals surface area contributed by atoms with Crippen LogP contribution in [0.1, 0.15) is 22.8 Å². The van der Waals surface area contributed by atoms with Crippen molar-refractivity contribution in [2.75, 3.05) is 12.4 Å². The van der Waals surface area contributed by atoms with Gasteiger partial charge in [0.1, 0.15) is 0 Å². The van der Waals surface area contributed by atoms with Crippen molar-refractivity contribution < 1.29 is 19.1 Å². The third kappa shape index (κ3) is 2.87. The Kier molecular flexibility index (Phi) is 4.04. The summed E-state index contributed by atoms with van der Waals surface area (Å²) in [4.78, 5) is 35.9. The first kappa shape index (κ1) is 13.8. The first-order valence-corrected chi connectivity index (χ1v) is 6.92. The fourth-order valence-electron chi connectivity index (χ4n) is 2.01. The lowest BCUT2D eigenvalue weighted by Gasteiger charge is -2.23. The lowest BCUT2D eigenvalue weighted by Crippen LogP contribution is -2.33. The van der Waals surface area contributed by atoms with E-state index in [0.717, 1.165) is 10.5 Å². The second kappa shape index (κ2) is 5.57. The van der Waals surface area contributed by atoms with Crippen LogP contribution in [0.5, 0.6) is 0 Å². The van der Waals surface area contributed by atoms with Gasteiger partial charge in [0.05, 0.1) is 5.92 Å². The van der Waals surface area contributed by atoms with E-state index in [4.69, 9.17) is 0 Å². The van der Waals surface area contributed by atoms with Crippen LogP contribution < -0.4 is 0 Å². The number of fused-ring (bicyclic) bond motifs is 1. The van der Waals surface area contributed by atoms with Crippen LogP contribution in [0.25, 0.3) is 0 Å². The summed E-state index contributed by atoms with van der Waals surface area (Å²) < 4.78 is 4.67. The van der Waals surface area contributed by atoms with E-state index >= 15 is 0 Å². The molecule has 0 amide bonds. The zero-order valence-corrected chi connectivity index (χ0v) is 11.6. The van der Waals surface area contributed by atoms with Crippen molar-refractivity contribution in [3.8, 4) is 0 Å². The summed E-state index contributed by atoms with van der Waals surface area (Å²) >= 11 is 1.50. The molecule has 0 aromatic heterocycles. The number of esters is 1. The Morgan fingerprint density at radius 2 is 2.16 bits per heavy atom. The zero-order chi connectivity index (χ0) is 14.0. The summed E-state index contributed by atoms with van der Waals surface area (Å²) in [6, 6.07) is 5.64. The molecule has 1 aromatic rings.